The second-order valence-corrected chi connectivity index (χ2v) is 5.54. The summed E-state index contributed by atoms with van der Waals surface area (Å²) in [6.45, 7) is 9.40. The Hall–Kier alpha value is -1.35. The van der Waals surface area contributed by atoms with Crippen LogP contribution >= 0.6 is 0 Å². The van der Waals surface area contributed by atoms with E-state index >= 15 is 0 Å². The van der Waals surface area contributed by atoms with Crippen LogP contribution in [0.15, 0.2) is 18.2 Å². The summed E-state index contributed by atoms with van der Waals surface area (Å²) in [6.07, 6.45) is -0.238. The maximum atomic E-state index is 11.9. The van der Waals surface area contributed by atoms with Crippen molar-refractivity contribution in [1.82, 2.24) is 5.32 Å². The molecule has 1 rings (SSSR count). The van der Waals surface area contributed by atoms with Crippen molar-refractivity contribution >= 4 is 5.91 Å². The average Bonchev–Trinajstić information content (AvgIpc) is 2.22. The van der Waals surface area contributed by atoms with E-state index in [0.29, 0.717) is 6.42 Å². The van der Waals surface area contributed by atoms with E-state index in [2.05, 4.69) is 12.2 Å². The predicted molar refractivity (Wildman–Crippen MR) is 73.5 cm³/mol. The second kappa shape index (κ2) is 5.53. The van der Waals surface area contributed by atoms with Crippen LogP contribution in [0.3, 0.4) is 0 Å². The van der Waals surface area contributed by atoms with E-state index in [-0.39, 0.29) is 5.91 Å². The molecule has 3 heteroatoms. The number of amides is 1. The first-order valence-corrected chi connectivity index (χ1v) is 6.27. The molecule has 0 aliphatic heterocycles. The highest BCUT2D eigenvalue weighted by Gasteiger charge is 2.25. The van der Waals surface area contributed by atoms with Gasteiger partial charge in [-0.15, -0.1) is 0 Å². The van der Waals surface area contributed by atoms with Crippen LogP contribution in [0.1, 0.15) is 37.5 Å². The molecule has 1 amide bonds. The summed E-state index contributed by atoms with van der Waals surface area (Å²) < 4.78 is 0. The van der Waals surface area contributed by atoms with E-state index in [0.717, 1.165) is 5.56 Å². The van der Waals surface area contributed by atoms with Crippen LogP contribution in [0.4, 0.5) is 0 Å². The molecule has 1 aromatic carbocycles. The van der Waals surface area contributed by atoms with Crippen molar-refractivity contribution in [3.63, 3.8) is 0 Å². The van der Waals surface area contributed by atoms with Crippen LogP contribution in [0.25, 0.3) is 0 Å². The Labute approximate surface area is 109 Å². The zero-order chi connectivity index (χ0) is 13.9. The Bertz CT molecular complexity index is 436. The summed E-state index contributed by atoms with van der Waals surface area (Å²) in [5, 5.41) is 12.4. The van der Waals surface area contributed by atoms with Gasteiger partial charge >= 0.3 is 0 Å². The van der Waals surface area contributed by atoms with Crippen LogP contribution in [-0.4, -0.2) is 22.7 Å². The highest BCUT2D eigenvalue weighted by Crippen LogP contribution is 2.12. The van der Waals surface area contributed by atoms with Crippen molar-refractivity contribution in [2.24, 2.45) is 0 Å². The van der Waals surface area contributed by atoms with Gasteiger partial charge in [-0.2, -0.15) is 0 Å². The molecule has 0 aromatic heterocycles. The topological polar surface area (TPSA) is 49.3 Å². The highest BCUT2D eigenvalue weighted by atomic mass is 16.3. The Kier molecular flexibility index (Phi) is 4.52. The van der Waals surface area contributed by atoms with Gasteiger partial charge in [-0.1, -0.05) is 18.2 Å². The van der Waals surface area contributed by atoms with Crippen LogP contribution in [-0.2, 0) is 11.2 Å². The molecule has 1 unspecified atom stereocenters. The monoisotopic (exact) mass is 249 g/mol. The van der Waals surface area contributed by atoms with Gasteiger partial charge in [0.2, 0.25) is 5.91 Å². The van der Waals surface area contributed by atoms with Gasteiger partial charge in [-0.05, 0) is 51.3 Å². The Morgan fingerprint density at radius 2 is 1.94 bits per heavy atom. The molecule has 3 nitrogen and oxygen atoms in total. The van der Waals surface area contributed by atoms with Crippen LogP contribution in [0.2, 0.25) is 0 Å². The lowest BCUT2D eigenvalue weighted by atomic mass is 9.98. The molecule has 0 fully saturated rings. The maximum Gasteiger partial charge on any atom is 0.224 e. The maximum absolute atomic E-state index is 11.9. The number of nitrogens with one attached hydrogen (secondary N) is 1. The smallest absolute Gasteiger partial charge is 0.224 e. The van der Waals surface area contributed by atoms with E-state index in [1.807, 2.05) is 39.0 Å². The standard InChI is InChI=1S/C15H23NO2/c1-10-6-7-13(8-11(10)2)9-14(18)16-15(4,5)12(3)17/h6-8,12,17H,9H2,1-5H3,(H,16,18). The number of benzene rings is 1. The Morgan fingerprint density at radius 3 is 2.44 bits per heavy atom. The predicted octanol–water partition coefficient (Wildman–Crippen LogP) is 2.12. The van der Waals surface area contributed by atoms with E-state index < -0.39 is 11.6 Å². The summed E-state index contributed by atoms with van der Waals surface area (Å²) in [5.41, 5.74) is 2.81. The number of aliphatic hydroxyl groups is 1. The minimum atomic E-state index is -0.600. The van der Waals surface area contributed by atoms with Gasteiger partial charge in [-0.3, -0.25) is 4.79 Å². The fourth-order valence-electron chi connectivity index (χ4n) is 1.61. The van der Waals surface area contributed by atoms with E-state index in [4.69, 9.17) is 0 Å². The molecule has 18 heavy (non-hydrogen) atoms. The minimum absolute atomic E-state index is 0.0656. The SMILES string of the molecule is Cc1ccc(CC(=O)NC(C)(C)C(C)O)cc1C. The molecule has 0 spiro atoms. The Balaban J connectivity index is 2.68. The summed E-state index contributed by atoms with van der Waals surface area (Å²) in [4.78, 5) is 11.9. The Morgan fingerprint density at radius 1 is 1.33 bits per heavy atom. The van der Waals surface area contributed by atoms with Gasteiger partial charge in [-0.25, -0.2) is 0 Å². The first kappa shape index (κ1) is 14.7. The number of carbonyl (C=O) groups is 1. The van der Waals surface area contributed by atoms with Gasteiger partial charge in [0.05, 0.1) is 18.1 Å². The van der Waals surface area contributed by atoms with Crippen LogP contribution in [0.5, 0.6) is 0 Å². The van der Waals surface area contributed by atoms with Crippen molar-refractivity contribution in [1.29, 1.82) is 0 Å². The molecule has 2 N–H and O–H groups in total. The molecular formula is C15H23NO2. The molecule has 1 aromatic rings. The van der Waals surface area contributed by atoms with Crippen molar-refractivity contribution < 1.29 is 9.90 Å². The molecule has 0 aliphatic rings. The van der Waals surface area contributed by atoms with Crippen LogP contribution < -0.4 is 5.32 Å². The molecule has 0 saturated carbocycles. The number of hydrogen-bond donors (Lipinski definition) is 2. The first-order chi connectivity index (χ1) is 8.22. The molecule has 0 heterocycles. The summed E-state index contributed by atoms with van der Waals surface area (Å²) in [6, 6.07) is 6.03. The first-order valence-electron chi connectivity index (χ1n) is 6.27. The number of rotatable bonds is 4. The summed E-state index contributed by atoms with van der Waals surface area (Å²) in [7, 11) is 0. The lowest BCUT2D eigenvalue weighted by molar-refractivity contribution is -0.123. The number of carbonyl (C=O) groups excluding carboxylic acids is 1. The highest BCUT2D eigenvalue weighted by molar-refractivity contribution is 5.79. The molecule has 0 saturated heterocycles. The van der Waals surface area contributed by atoms with Crippen LogP contribution in [0, 0.1) is 13.8 Å². The largest absolute Gasteiger partial charge is 0.391 e. The lowest BCUT2D eigenvalue weighted by Gasteiger charge is -2.29. The quantitative estimate of drug-likeness (QED) is 0.858. The molecular weight excluding hydrogens is 226 g/mol. The normalized spacial score (nSPS) is 13.2. The number of aliphatic hydroxyl groups excluding tert-OH is 1. The third-order valence-corrected chi connectivity index (χ3v) is 3.44. The molecule has 1 atom stereocenters. The minimum Gasteiger partial charge on any atom is -0.391 e. The second-order valence-electron chi connectivity index (χ2n) is 5.54. The van der Waals surface area contributed by atoms with Crippen molar-refractivity contribution in [3.8, 4) is 0 Å². The molecule has 0 bridgehead atoms. The molecule has 100 valence electrons. The van der Waals surface area contributed by atoms with Gasteiger partial charge in [0, 0.05) is 0 Å². The van der Waals surface area contributed by atoms with Crippen molar-refractivity contribution in [2.45, 2.75) is 52.7 Å². The van der Waals surface area contributed by atoms with Crippen molar-refractivity contribution in [2.75, 3.05) is 0 Å². The van der Waals surface area contributed by atoms with Gasteiger partial charge in [0.25, 0.3) is 0 Å². The van der Waals surface area contributed by atoms with Gasteiger partial charge in [0.1, 0.15) is 0 Å². The van der Waals surface area contributed by atoms with E-state index in [1.165, 1.54) is 11.1 Å². The zero-order valence-corrected chi connectivity index (χ0v) is 11.9. The number of hydrogen-bond acceptors (Lipinski definition) is 2. The molecule has 0 aliphatic carbocycles. The van der Waals surface area contributed by atoms with E-state index in [9.17, 15) is 9.90 Å². The average molecular weight is 249 g/mol. The third-order valence-electron chi connectivity index (χ3n) is 3.44. The van der Waals surface area contributed by atoms with Crippen molar-refractivity contribution in [3.05, 3.63) is 34.9 Å². The number of aryl methyl sites for hydroxylation is 2. The summed E-state index contributed by atoms with van der Waals surface area (Å²) >= 11 is 0. The van der Waals surface area contributed by atoms with Gasteiger partial charge in [0.15, 0.2) is 0 Å². The van der Waals surface area contributed by atoms with E-state index in [1.54, 1.807) is 6.92 Å². The summed E-state index contributed by atoms with van der Waals surface area (Å²) in [5.74, 6) is -0.0656. The fraction of sp³-hybridized carbons (Fsp3) is 0.533. The van der Waals surface area contributed by atoms with Gasteiger partial charge < -0.3 is 10.4 Å². The lowest BCUT2D eigenvalue weighted by Crippen LogP contribution is -2.51. The third kappa shape index (κ3) is 3.84. The fourth-order valence-corrected chi connectivity index (χ4v) is 1.61. The molecule has 0 radical (unpaired) electrons. The zero-order valence-electron chi connectivity index (χ0n) is 11.9.